The molecule has 2 aliphatic rings. The zero-order valence-corrected chi connectivity index (χ0v) is 22.0. The third-order valence-electron chi connectivity index (χ3n) is 6.30. The highest BCUT2D eigenvalue weighted by atomic mass is 19.4. The van der Waals surface area contributed by atoms with E-state index in [1.807, 2.05) is 6.07 Å². The number of imide groups is 1. The van der Waals surface area contributed by atoms with Crippen molar-refractivity contribution < 1.29 is 46.9 Å². The Morgan fingerprint density at radius 3 is 2.23 bits per heavy atom. The van der Waals surface area contributed by atoms with Crippen molar-refractivity contribution in [3.05, 3.63) is 64.2 Å². The van der Waals surface area contributed by atoms with E-state index >= 15 is 0 Å². The quantitative estimate of drug-likeness (QED) is 0.270. The number of amides is 2. The van der Waals surface area contributed by atoms with E-state index in [4.69, 9.17) is 29.8 Å². The van der Waals surface area contributed by atoms with E-state index in [0.717, 1.165) is 5.56 Å². The lowest BCUT2D eigenvalue weighted by Crippen LogP contribution is -2.34. The Balaban J connectivity index is 0.000000567. The summed E-state index contributed by atoms with van der Waals surface area (Å²) < 4.78 is 48.5. The number of carbonyl (C=O) groups is 3. The van der Waals surface area contributed by atoms with Gasteiger partial charge in [-0.3, -0.25) is 14.5 Å². The van der Waals surface area contributed by atoms with Gasteiger partial charge in [0.25, 0.3) is 11.8 Å². The highest BCUT2D eigenvalue weighted by Gasteiger charge is 2.38. The molecule has 1 aromatic heterocycles. The summed E-state index contributed by atoms with van der Waals surface area (Å²) in [6.07, 6.45) is -4.69. The first-order valence-corrected chi connectivity index (χ1v) is 12.1. The minimum atomic E-state index is -5.08. The molecule has 2 amide bonds. The molecule has 2 aromatic carbocycles. The molecule has 0 saturated heterocycles. The summed E-state index contributed by atoms with van der Waals surface area (Å²) in [5.74, 6) is -1.57. The lowest BCUT2D eigenvalue weighted by atomic mass is 9.98. The Labute approximate surface area is 243 Å². The zero-order valence-electron chi connectivity index (χ0n) is 22.0. The second kappa shape index (κ2) is 12.6. The summed E-state index contributed by atoms with van der Waals surface area (Å²) in [7, 11) is 3.08. The molecule has 15 heteroatoms. The second-order valence-corrected chi connectivity index (χ2v) is 8.77. The molecular formula is C28H26F3N5O7. The molecule has 0 aliphatic carbocycles. The number of aliphatic carboxylic acids is 1. The number of anilines is 2. The number of carboxylic acid groups (broad SMARTS) is 1. The minimum Gasteiger partial charge on any atom is -0.493 e. The van der Waals surface area contributed by atoms with E-state index in [1.54, 1.807) is 37.4 Å². The number of nitriles is 1. The number of halogens is 3. The summed E-state index contributed by atoms with van der Waals surface area (Å²) in [6, 6.07) is 12.3. The van der Waals surface area contributed by atoms with Gasteiger partial charge in [-0.25, -0.2) is 4.79 Å². The normalized spacial score (nSPS) is 12.7. The number of alkyl halides is 3. The van der Waals surface area contributed by atoms with E-state index in [1.165, 1.54) is 12.0 Å². The fourth-order valence-corrected chi connectivity index (χ4v) is 4.34. The van der Waals surface area contributed by atoms with E-state index in [9.17, 15) is 28.0 Å². The van der Waals surface area contributed by atoms with E-state index < -0.39 is 12.1 Å². The van der Waals surface area contributed by atoms with Gasteiger partial charge in [0.15, 0.2) is 11.5 Å². The number of methoxy groups -OCH3 is 2. The number of rotatable bonds is 6. The zero-order chi connectivity index (χ0) is 30.8. The van der Waals surface area contributed by atoms with Crippen LogP contribution in [0.3, 0.4) is 0 Å². The second-order valence-electron chi connectivity index (χ2n) is 8.77. The molecule has 3 aromatic rings. The molecule has 226 valence electrons. The van der Waals surface area contributed by atoms with Crippen LogP contribution in [0, 0.1) is 11.3 Å². The van der Waals surface area contributed by atoms with Gasteiger partial charge in [0.05, 0.1) is 31.0 Å². The van der Waals surface area contributed by atoms with Crippen molar-refractivity contribution >= 4 is 29.3 Å². The lowest BCUT2D eigenvalue weighted by Gasteiger charge is -2.25. The highest BCUT2D eigenvalue weighted by molar-refractivity contribution is 6.21. The molecular weight excluding hydrogens is 575 g/mol. The summed E-state index contributed by atoms with van der Waals surface area (Å²) >= 11 is 0. The van der Waals surface area contributed by atoms with Crippen molar-refractivity contribution in [1.29, 1.82) is 5.26 Å². The molecule has 5 rings (SSSR count). The van der Waals surface area contributed by atoms with Crippen LogP contribution in [0.5, 0.6) is 23.1 Å². The van der Waals surface area contributed by atoms with Crippen molar-refractivity contribution in [1.82, 2.24) is 9.88 Å². The molecule has 0 fully saturated rings. The van der Waals surface area contributed by atoms with Crippen LogP contribution in [-0.2, 0) is 11.2 Å². The number of carbonyl (C=O) groups excluding carboxylic acids is 2. The molecule has 4 N–H and O–H groups in total. The smallest absolute Gasteiger partial charge is 0.490 e. The van der Waals surface area contributed by atoms with Crippen LogP contribution in [0.1, 0.15) is 44.8 Å². The topological polar surface area (TPSA) is 177 Å². The van der Waals surface area contributed by atoms with Crippen LogP contribution < -0.4 is 25.3 Å². The number of aromatic nitrogens is 1. The number of hydrogen-bond donors (Lipinski definition) is 3. The number of pyridine rings is 1. The van der Waals surface area contributed by atoms with E-state index in [-0.39, 0.29) is 49.6 Å². The number of benzene rings is 2. The molecule has 0 unspecified atom stereocenters. The van der Waals surface area contributed by atoms with Gasteiger partial charge in [-0.2, -0.15) is 23.4 Å². The van der Waals surface area contributed by atoms with Crippen molar-refractivity contribution in [2.75, 3.05) is 38.4 Å². The van der Waals surface area contributed by atoms with Gasteiger partial charge in [-0.1, -0.05) is 19.6 Å². The Morgan fingerprint density at radius 2 is 1.72 bits per heavy atom. The van der Waals surface area contributed by atoms with Crippen molar-refractivity contribution in [2.45, 2.75) is 20.0 Å². The molecule has 0 spiro atoms. The van der Waals surface area contributed by atoms with Gasteiger partial charge in [-0.05, 0) is 18.2 Å². The SMILES string of the molecule is C.COc1cc2c(cc1OC)Oc1nc(N)c(C#N)c(NCCN3C(=O)c4ccccc4C3=O)c1C2.O=C(O)C(F)(F)F. The average molecular weight is 602 g/mol. The number of ether oxygens (including phenoxy) is 3. The summed E-state index contributed by atoms with van der Waals surface area (Å²) in [5.41, 5.74) is 8.89. The van der Waals surface area contributed by atoms with Crippen molar-refractivity contribution in [3.63, 3.8) is 0 Å². The molecule has 0 bridgehead atoms. The Hall–Kier alpha value is -5.52. The fourth-order valence-electron chi connectivity index (χ4n) is 4.34. The van der Waals surface area contributed by atoms with E-state index in [2.05, 4.69) is 16.4 Å². The molecule has 43 heavy (non-hydrogen) atoms. The summed E-state index contributed by atoms with van der Waals surface area (Å²) in [4.78, 5) is 39.7. The molecule has 0 radical (unpaired) electrons. The number of nitrogen functional groups attached to an aromatic ring is 1. The van der Waals surface area contributed by atoms with Crippen LogP contribution >= 0.6 is 0 Å². The van der Waals surface area contributed by atoms with Crippen LogP contribution in [0.4, 0.5) is 24.7 Å². The monoisotopic (exact) mass is 601 g/mol. The first-order chi connectivity index (χ1) is 19.9. The van der Waals surface area contributed by atoms with Crippen molar-refractivity contribution in [2.24, 2.45) is 0 Å². The van der Waals surface area contributed by atoms with E-state index in [0.29, 0.717) is 46.0 Å². The predicted octanol–water partition coefficient (Wildman–Crippen LogP) is 4.23. The standard InChI is InChI=1S/C25H21N5O5.C2HF3O2.CH4/c1-33-19-10-13-9-16-21(17(12-26)22(27)29-23(16)35-18(13)11-20(19)34-2)28-7-8-30-24(31)14-5-3-4-6-15(14)25(30)32;3-2(4,5)1(6)7;/h3-6,10-11H,7-9H2,1-2H3,(H3,27,28,29);(H,6,7);1H4. The van der Waals surface area contributed by atoms with Crippen LogP contribution in [0.25, 0.3) is 0 Å². The highest BCUT2D eigenvalue weighted by Crippen LogP contribution is 2.45. The molecule has 0 atom stereocenters. The first-order valence-electron chi connectivity index (χ1n) is 12.1. The van der Waals surface area contributed by atoms with Crippen LogP contribution in [0.15, 0.2) is 36.4 Å². The summed E-state index contributed by atoms with van der Waals surface area (Å²) in [6.45, 7) is 0.311. The first kappa shape index (κ1) is 32.0. The maximum atomic E-state index is 12.7. The van der Waals surface area contributed by atoms with Gasteiger partial charge in [0.2, 0.25) is 5.88 Å². The van der Waals surface area contributed by atoms with Gasteiger partial charge >= 0.3 is 12.1 Å². The maximum Gasteiger partial charge on any atom is 0.490 e. The Kier molecular flexibility index (Phi) is 9.34. The number of carboxylic acids is 1. The Morgan fingerprint density at radius 1 is 1.16 bits per heavy atom. The number of hydrogen-bond acceptors (Lipinski definition) is 10. The van der Waals surface area contributed by atoms with Crippen molar-refractivity contribution in [3.8, 4) is 29.2 Å². The van der Waals surface area contributed by atoms with Gasteiger partial charge < -0.3 is 30.4 Å². The predicted molar refractivity (Wildman–Crippen MR) is 147 cm³/mol. The third kappa shape index (κ3) is 6.22. The number of nitrogens with two attached hydrogens (primary N) is 1. The number of nitrogens with zero attached hydrogens (tertiary/aromatic N) is 3. The Bertz CT molecular complexity index is 1600. The molecule has 12 nitrogen and oxygen atoms in total. The van der Waals surface area contributed by atoms with Gasteiger partial charge in [0, 0.05) is 36.7 Å². The molecule has 0 saturated carbocycles. The van der Waals surface area contributed by atoms with Crippen LogP contribution in [-0.4, -0.2) is 66.3 Å². The summed E-state index contributed by atoms with van der Waals surface area (Å²) in [5, 5.41) is 20.1. The van der Waals surface area contributed by atoms with Crippen LogP contribution in [0.2, 0.25) is 0 Å². The average Bonchev–Trinajstić information content (AvgIpc) is 3.20. The molecule has 3 heterocycles. The molecule has 2 aliphatic heterocycles. The van der Waals surface area contributed by atoms with Gasteiger partial charge in [0.1, 0.15) is 23.2 Å². The lowest BCUT2D eigenvalue weighted by molar-refractivity contribution is -0.192. The third-order valence-corrected chi connectivity index (χ3v) is 6.30. The fraction of sp³-hybridized carbons (Fsp3) is 0.250. The van der Waals surface area contributed by atoms with Gasteiger partial charge in [-0.15, -0.1) is 0 Å². The number of fused-ring (bicyclic) bond motifs is 3. The minimum absolute atomic E-state index is 0. The maximum absolute atomic E-state index is 12.7. The largest absolute Gasteiger partial charge is 0.493 e. The number of nitrogens with one attached hydrogen (secondary N) is 1.